The molecule has 0 fully saturated rings. The first-order valence-corrected chi connectivity index (χ1v) is 11.9. The predicted octanol–water partition coefficient (Wildman–Crippen LogP) is 5.55. The first kappa shape index (κ1) is 22.1. The summed E-state index contributed by atoms with van der Waals surface area (Å²) in [5, 5.41) is 3.93. The van der Waals surface area contributed by atoms with Crippen LogP contribution in [0.1, 0.15) is 41.8 Å². The van der Waals surface area contributed by atoms with Gasteiger partial charge in [0.15, 0.2) is 10.8 Å². The van der Waals surface area contributed by atoms with Crippen molar-refractivity contribution in [1.29, 1.82) is 0 Å². The Balaban J connectivity index is 1.45. The third-order valence-electron chi connectivity index (χ3n) is 5.24. The Morgan fingerprint density at radius 1 is 1.00 bits per heavy atom. The number of aromatic nitrogens is 3. The lowest BCUT2D eigenvalue weighted by atomic mass is 10.1. The SMILES string of the molecule is CC(C)CCNC(=O)c1ccc(CSc2nc3cccnc3n2Cc2ccccc2)cc1. The van der Waals surface area contributed by atoms with Crippen LogP contribution in [0, 0.1) is 5.92 Å². The lowest BCUT2D eigenvalue weighted by Gasteiger charge is -2.09. The van der Waals surface area contributed by atoms with Crippen molar-refractivity contribution in [2.45, 2.75) is 37.7 Å². The molecule has 32 heavy (non-hydrogen) atoms. The van der Waals surface area contributed by atoms with Crippen LogP contribution in [0.5, 0.6) is 0 Å². The smallest absolute Gasteiger partial charge is 0.251 e. The van der Waals surface area contributed by atoms with Gasteiger partial charge in [0.2, 0.25) is 0 Å². The van der Waals surface area contributed by atoms with Gasteiger partial charge in [-0.3, -0.25) is 9.36 Å². The number of imidazole rings is 1. The molecule has 164 valence electrons. The van der Waals surface area contributed by atoms with Crippen LogP contribution in [-0.4, -0.2) is 27.0 Å². The number of rotatable bonds is 9. The van der Waals surface area contributed by atoms with E-state index < -0.39 is 0 Å². The molecule has 0 spiro atoms. The number of nitrogens with one attached hydrogen (secondary N) is 1. The molecule has 2 heterocycles. The first-order valence-electron chi connectivity index (χ1n) is 11.0. The zero-order valence-electron chi connectivity index (χ0n) is 18.5. The molecular formula is C26H28N4OS. The number of nitrogens with zero attached hydrogens (tertiary/aromatic N) is 3. The van der Waals surface area contributed by atoms with Gasteiger partial charge < -0.3 is 5.32 Å². The first-order chi connectivity index (χ1) is 15.6. The Bertz CT molecular complexity index is 1170. The van der Waals surface area contributed by atoms with Gasteiger partial charge in [-0.25, -0.2) is 9.97 Å². The summed E-state index contributed by atoms with van der Waals surface area (Å²) in [6.07, 6.45) is 2.80. The van der Waals surface area contributed by atoms with Gasteiger partial charge in [-0.05, 0) is 47.7 Å². The lowest BCUT2D eigenvalue weighted by Crippen LogP contribution is -2.25. The van der Waals surface area contributed by atoms with Crippen LogP contribution in [0.2, 0.25) is 0 Å². The molecule has 0 aliphatic heterocycles. The summed E-state index contributed by atoms with van der Waals surface area (Å²) < 4.78 is 2.17. The molecule has 0 saturated heterocycles. The van der Waals surface area contributed by atoms with Gasteiger partial charge in [-0.15, -0.1) is 0 Å². The van der Waals surface area contributed by atoms with Crippen LogP contribution in [0.15, 0.2) is 78.1 Å². The average Bonchev–Trinajstić information content (AvgIpc) is 3.16. The fraction of sp³-hybridized carbons (Fsp3) is 0.269. The summed E-state index contributed by atoms with van der Waals surface area (Å²) in [5.41, 5.74) is 4.86. The maximum Gasteiger partial charge on any atom is 0.251 e. The van der Waals surface area contributed by atoms with Crippen molar-refractivity contribution < 1.29 is 4.79 Å². The molecular weight excluding hydrogens is 416 g/mol. The zero-order chi connectivity index (χ0) is 22.3. The Kier molecular flexibility index (Phi) is 7.22. The molecule has 0 saturated carbocycles. The molecule has 0 aliphatic rings. The van der Waals surface area contributed by atoms with E-state index in [0.29, 0.717) is 18.0 Å². The Morgan fingerprint density at radius 2 is 1.78 bits per heavy atom. The third kappa shape index (κ3) is 5.56. The van der Waals surface area contributed by atoms with Crippen molar-refractivity contribution in [3.05, 3.63) is 89.6 Å². The monoisotopic (exact) mass is 444 g/mol. The number of fused-ring (bicyclic) bond motifs is 1. The van der Waals surface area contributed by atoms with Crippen LogP contribution >= 0.6 is 11.8 Å². The molecule has 4 aromatic rings. The molecule has 2 aromatic heterocycles. The fourth-order valence-corrected chi connectivity index (χ4v) is 4.39. The van der Waals surface area contributed by atoms with Gasteiger partial charge in [0.25, 0.3) is 5.91 Å². The average molecular weight is 445 g/mol. The van der Waals surface area contributed by atoms with Gasteiger partial charge in [-0.1, -0.05) is 68.1 Å². The largest absolute Gasteiger partial charge is 0.352 e. The third-order valence-corrected chi connectivity index (χ3v) is 6.29. The van der Waals surface area contributed by atoms with Crippen molar-refractivity contribution in [3.8, 4) is 0 Å². The highest BCUT2D eigenvalue weighted by Gasteiger charge is 2.13. The highest BCUT2D eigenvalue weighted by molar-refractivity contribution is 7.98. The van der Waals surface area contributed by atoms with Crippen LogP contribution in [0.25, 0.3) is 11.2 Å². The zero-order valence-corrected chi connectivity index (χ0v) is 19.3. The van der Waals surface area contributed by atoms with Gasteiger partial charge in [0.05, 0.1) is 6.54 Å². The van der Waals surface area contributed by atoms with Crippen molar-refractivity contribution in [2.24, 2.45) is 5.92 Å². The van der Waals surface area contributed by atoms with E-state index >= 15 is 0 Å². The topological polar surface area (TPSA) is 59.8 Å². The molecule has 5 nitrogen and oxygen atoms in total. The van der Waals surface area contributed by atoms with Crippen LogP contribution < -0.4 is 5.32 Å². The van der Waals surface area contributed by atoms with E-state index in [1.807, 2.05) is 48.7 Å². The van der Waals surface area contributed by atoms with Crippen LogP contribution in [0.4, 0.5) is 0 Å². The normalized spacial score (nSPS) is 11.2. The van der Waals surface area contributed by atoms with Crippen LogP contribution in [-0.2, 0) is 12.3 Å². The number of hydrogen-bond acceptors (Lipinski definition) is 4. The second-order valence-corrected chi connectivity index (χ2v) is 9.18. The van der Waals surface area contributed by atoms with E-state index in [2.05, 4.69) is 53.0 Å². The highest BCUT2D eigenvalue weighted by Crippen LogP contribution is 2.27. The quantitative estimate of drug-likeness (QED) is 0.344. The van der Waals surface area contributed by atoms with E-state index in [1.165, 1.54) is 5.56 Å². The Morgan fingerprint density at radius 3 is 2.53 bits per heavy atom. The van der Waals surface area contributed by atoms with E-state index in [9.17, 15) is 4.79 Å². The highest BCUT2D eigenvalue weighted by atomic mass is 32.2. The molecule has 0 aliphatic carbocycles. The van der Waals surface area contributed by atoms with E-state index in [0.717, 1.165) is 40.6 Å². The van der Waals surface area contributed by atoms with Crippen molar-refractivity contribution in [1.82, 2.24) is 19.9 Å². The number of thioether (sulfide) groups is 1. The molecule has 4 rings (SSSR count). The van der Waals surface area contributed by atoms with Gasteiger partial charge in [0, 0.05) is 24.1 Å². The fourth-order valence-electron chi connectivity index (χ4n) is 3.43. The standard InChI is InChI=1S/C26H28N4OS/c1-19(2)14-16-28-25(31)22-12-10-21(11-13-22)18-32-26-29-23-9-6-15-27-24(23)30(26)17-20-7-4-3-5-8-20/h3-13,15,19H,14,16-18H2,1-2H3,(H,28,31). The summed E-state index contributed by atoms with van der Waals surface area (Å²) in [5.74, 6) is 1.34. The maximum absolute atomic E-state index is 12.3. The minimum absolute atomic E-state index is 0.0134. The van der Waals surface area contributed by atoms with E-state index in [1.54, 1.807) is 11.8 Å². The van der Waals surface area contributed by atoms with Crippen molar-refractivity contribution >= 4 is 28.8 Å². The predicted molar refractivity (Wildman–Crippen MR) is 131 cm³/mol. The summed E-state index contributed by atoms with van der Waals surface area (Å²) >= 11 is 1.69. The second-order valence-electron chi connectivity index (χ2n) is 8.24. The Hall–Kier alpha value is -3.12. The molecule has 2 aromatic carbocycles. The van der Waals surface area contributed by atoms with Gasteiger partial charge in [0.1, 0.15) is 5.52 Å². The van der Waals surface area contributed by atoms with Gasteiger partial charge >= 0.3 is 0 Å². The summed E-state index contributed by atoms with van der Waals surface area (Å²) in [7, 11) is 0. The Labute approximate surface area is 193 Å². The summed E-state index contributed by atoms with van der Waals surface area (Å²) in [6, 6.07) is 22.1. The maximum atomic E-state index is 12.3. The molecule has 0 atom stereocenters. The molecule has 0 radical (unpaired) electrons. The minimum atomic E-state index is -0.0134. The number of carbonyl (C=O) groups excluding carboxylic acids is 1. The molecule has 6 heteroatoms. The molecule has 1 N–H and O–H groups in total. The van der Waals surface area contributed by atoms with E-state index in [4.69, 9.17) is 4.98 Å². The molecule has 0 bridgehead atoms. The van der Waals surface area contributed by atoms with Gasteiger partial charge in [-0.2, -0.15) is 0 Å². The van der Waals surface area contributed by atoms with E-state index in [-0.39, 0.29) is 5.91 Å². The number of carbonyl (C=O) groups is 1. The molecule has 1 amide bonds. The number of hydrogen-bond donors (Lipinski definition) is 1. The number of amides is 1. The molecule has 0 unspecified atom stereocenters. The number of benzene rings is 2. The van der Waals surface area contributed by atoms with Crippen LogP contribution in [0.3, 0.4) is 0 Å². The summed E-state index contributed by atoms with van der Waals surface area (Å²) in [6.45, 7) is 5.75. The van der Waals surface area contributed by atoms with Crippen molar-refractivity contribution in [2.75, 3.05) is 6.54 Å². The summed E-state index contributed by atoms with van der Waals surface area (Å²) in [4.78, 5) is 21.7. The second kappa shape index (κ2) is 10.5. The van der Waals surface area contributed by atoms with Crippen molar-refractivity contribution in [3.63, 3.8) is 0 Å². The number of pyridine rings is 1. The minimum Gasteiger partial charge on any atom is -0.352 e. The lowest BCUT2D eigenvalue weighted by molar-refractivity contribution is 0.0952.